The minimum absolute atomic E-state index is 0.196. The van der Waals surface area contributed by atoms with Crippen LogP contribution in [0.4, 0.5) is 4.79 Å². The van der Waals surface area contributed by atoms with Crippen LogP contribution in [0.5, 0.6) is 0 Å². The quantitative estimate of drug-likeness (QED) is 0.901. The van der Waals surface area contributed by atoms with Gasteiger partial charge in [0.2, 0.25) is 5.91 Å². The van der Waals surface area contributed by atoms with E-state index in [4.69, 9.17) is 9.15 Å². The first-order chi connectivity index (χ1) is 12.1. The van der Waals surface area contributed by atoms with Crippen molar-refractivity contribution in [1.29, 1.82) is 0 Å². The van der Waals surface area contributed by atoms with Gasteiger partial charge in [-0.3, -0.25) is 9.69 Å². The third kappa shape index (κ3) is 4.37. The van der Waals surface area contributed by atoms with E-state index in [-0.39, 0.29) is 19.1 Å². The molecule has 7 nitrogen and oxygen atoms in total. The fourth-order valence-electron chi connectivity index (χ4n) is 2.84. The number of amides is 2. The molecule has 1 fully saturated rings. The van der Waals surface area contributed by atoms with Crippen molar-refractivity contribution in [2.45, 2.75) is 39.0 Å². The Morgan fingerprint density at radius 2 is 2.16 bits per heavy atom. The van der Waals surface area contributed by atoms with Crippen LogP contribution in [0.2, 0.25) is 0 Å². The third-order valence-electron chi connectivity index (χ3n) is 4.10. The highest BCUT2D eigenvalue weighted by molar-refractivity contribution is 5.86. The van der Waals surface area contributed by atoms with Crippen LogP contribution in [0.3, 0.4) is 0 Å². The average Bonchev–Trinajstić information content (AvgIpc) is 3.27. The Bertz CT molecular complexity index is 729. The summed E-state index contributed by atoms with van der Waals surface area (Å²) in [7, 11) is 0. The topological polar surface area (TPSA) is 84.7 Å². The maximum Gasteiger partial charge on any atom is 0.410 e. The second-order valence-electron chi connectivity index (χ2n) is 5.95. The maximum atomic E-state index is 12.4. The number of carbonyl (C=O) groups is 2. The van der Waals surface area contributed by atoms with Gasteiger partial charge in [0, 0.05) is 13.5 Å². The van der Waals surface area contributed by atoms with E-state index in [2.05, 4.69) is 10.3 Å². The molecule has 1 aliphatic rings. The Balaban J connectivity index is 1.52. The summed E-state index contributed by atoms with van der Waals surface area (Å²) in [6.45, 7) is 2.71. The van der Waals surface area contributed by atoms with Crippen molar-refractivity contribution in [3.8, 4) is 0 Å². The van der Waals surface area contributed by atoms with Crippen molar-refractivity contribution in [2.75, 3.05) is 6.54 Å². The molecule has 1 saturated heterocycles. The molecule has 0 radical (unpaired) electrons. The molecule has 0 spiro atoms. The molecule has 25 heavy (non-hydrogen) atoms. The summed E-state index contributed by atoms with van der Waals surface area (Å²) in [6.07, 6.45) is 2.52. The molecule has 2 amide bonds. The number of nitrogens with one attached hydrogen (secondary N) is 1. The molecule has 1 aliphatic heterocycles. The highest BCUT2D eigenvalue weighted by atomic mass is 16.6. The van der Waals surface area contributed by atoms with Crippen LogP contribution in [0, 0.1) is 6.92 Å². The zero-order valence-corrected chi connectivity index (χ0v) is 14.1. The monoisotopic (exact) mass is 343 g/mol. The van der Waals surface area contributed by atoms with Crippen molar-refractivity contribution < 1.29 is 18.7 Å². The molecule has 1 atom stereocenters. The number of carbonyl (C=O) groups excluding carboxylic acids is 2. The zero-order valence-electron chi connectivity index (χ0n) is 14.1. The fraction of sp³-hybridized carbons (Fsp3) is 0.389. The number of aromatic nitrogens is 1. The Labute approximate surface area is 146 Å². The van der Waals surface area contributed by atoms with Gasteiger partial charge < -0.3 is 14.5 Å². The van der Waals surface area contributed by atoms with Gasteiger partial charge >= 0.3 is 6.09 Å². The van der Waals surface area contributed by atoms with Crippen molar-refractivity contribution in [3.63, 3.8) is 0 Å². The lowest BCUT2D eigenvalue weighted by molar-refractivity contribution is -0.125. The van der Waals surface area contributed by atoms with Gasteiger partial charge in [-0.2, -0.15) is 0 Å². The van der Waals surface area contributed by atoms with Crippen LogP contribution >= 0.6 is 0 Å². The van der Waals surface area contributed by atoms with Gasteiger partial charge in [-0.15, -0.1) is 0 Å². The van der Waals surface area contributed by atoms with Crippen LogP contribution in [-0.2, 0) is 22.7 Å². The molecule has 0 saturated carbocycles. The zero-order chi connectivity index (χ0) is 17.6. The first-order valence-electron chi connectivity index (χ1n) is 8.30. The van der Waals surface area contributed by atoms with Crippen molar-refractivity contribution >= 4 is 12.0 Å². The van der Waals surface area contributed by atoms with Crippen molar-refractivity contribution in [1.82, 2.24) is 15.2 Å². The van der Waals surface area contributed by atoms with E-state index in [0.29, 0.717) is 24.6 Å². The van der Waals surface area contributed by atoms with Gasteiger partial charge in [0.25, 0.3) is 0 Å². The smallest absolute Gasteiger partial charge is 0.410 e. The molecule has 0 aliphatic carbocycles. The fourth-order valence-corrected chi connectivity index (χ4v) is 2.84. The summed E-state index contributed by atoms with van der Waals surface area (Å²) in [5.74, 6) is 0.932. The second-order valence-corrected chi connectivity index (χ2v) is 5.95. The molecule has 0 bridgehead atoms. The van der Waals surface area contributed by atoms with Crippen LogP contribution in [0.15, 0.2) is 40.9 Å². The lowest BCUT2D eigenvalue weighted by atomic mass is 10.2. The number of ether oxygens (including phenoxy) is 1. The van der Waals surface area contributed by atoms with E-state index >= 15 is 0 Å². The van der Waals surface area contributed by atoms with Crippen molar-refractivity contribution in [2.24, 2.45) is 0 Å². The lowest BCUT2D eigenvalue weighted by Crippen LogP contribution is -2.45. The molecule has 1 N–H and O–H groups in total. The summed E-state index contributed by atoms with van der Waals surface area (Å²) >= 11 is 0. The van der Waals surface area contributed by atoms with Crippen LogP contribution in [0.25, 0.3) is 0 Å². The van der Waals surface area contributed by atoms with Gasteiger partial charge in [0.1, 0.15) is 18.4 Å². The predicted molar refractivity (Wildman–Crippen MR) is 89.4 cm³/mol. The van der Waals surface area contributed by atoms with E-state index in [0.717, 1.165) is 12.0 Å². The van der Waals surface area contributed by atoms with Gasteiger partial charge in [0.05, 0.1) is 12.7 Å². The van der Waals surface area contributed by atoms with Crippen LogP contribution in [0.1, 0.15) is 30.1 Å². The lowest BCUT2D eigenvalue weighted by Gasteiger charge is -2.23. The van der Waals surface area contributed by atoms with Gasteiger partial charge in [-0.25, -0.2) is 9.78 Å². The SMILES string of the molecule is Cc1ncc(CNC(=O)[C@@H]2CCCN2C(=O)OCc2ccccc2)o1. The molecule has 2 heterocycles. The van der Waals surface area contributed by atoms with E-state index in [1.165, 1.54) is 4.90 Å². The Morgan fingerprint density at radius 3 is 2.88 bits per heavy atom. The number of nitrogens with zero attached hydrogens (tertiary/aromatic N) is 2. The van der Waals surface area contributed by atoms with E-state index in [1.54, 1.807) is 13.1 Å². The summed E-state index contributed by atoms with van der Waals surface area (Å²) in [5.41, 5.74) is 0.914. The average molecular weight is 343 g/mol. The normalized spacial score (nSPS) is 16.7. The Hall–Kier alpha value is -2.83. The molecular formula is C18H21N3O4. The summed E-state index contributed by atoms with van der Waals surface area (Å²) < 4.78 is 10.7. The summed E-state index contributed by atoms with van der Waals surface area (Å²) in [6, 6.07) is 8.96. The molecule has 1 aromatic heterocycles. The largest absolute Gasteiger partial charge is 0.445 e. The summed E-state index contributed by atoms with van der Waals surface area (Å²) in [5, 5.41) is 2.79. The molecule has 3 rings (SSSR count). The van der Waals surface area contributed by atoms with Gasteiger partial charge in [0.15, 0.2) is 5.89 Å². The van der Waals surface area contributed by atoms with Crippen molar-refractivity contribution in [3.05, 3.63) is 53.7 Å². The number of hydrogen-bond donors (Lipinski definition) is 1. The predicted octanol–water partition coefficient (Wildman–Crippen LogP) is 2.40. The maximum absolute atomic E-state index is 12.4. The van der Waals surface area contributed by atoms with Gasteiger partial charge in [-0.05, 0) is 18.4 Å². The molecule has 132 valence electrons. The highest BCUT2D eigenvalue weighted by Gasteiger charge is 2.35. The first kappa shape index (κ1) is 17.0. The molecule has 1 aromatic carbocycles. The Kier molecular flexibility index (Phi) is 5.33. The molecular weight excluding hydrogens is 322 g/mol. The number of likely N-dealkylation sites (tertiary alicyclic amines) is 1. The number of rotatable bonds is 5. The molecule has 2 aromatic rings. The first-order valence-corrected chi connectivity index (χ1v) is 8.30. The van der Waals surface area contributed by atoms with Crippen LogP contribution < -0.4 is 5.32 Å². The molecule has 0 unspecified atom stereocenters. The minimum Gasteiger partial charge on any atom is -0.445 e. The number of aryl methyl sites for hydroxylation is 1. The molecule has 7 heteroatoms. The standard InChI is InChI=1S/C18H21N3O4/c1-13-19-10-15(25-13)11-20-17(22)16-8-5-9-21(16)18(23)24-12-14-6-3-2-4-7-14/h2-4,6-7,10,16H,5,8-9,11-12H2,1H3,(H,20,22)/t16-/m0/s1. The number of benzene rings is 1. The van der Waals surface area contributed by atoms with E-state index in [1.807, 2.05) is 30.3 Å². The highest BCUT2D eigenvalue weighted by Crippen LogP contribution is 2.19. The number of hydrogen-bond acceptors (Lipinski definition) is 5. The third-order valence-corrected chi connectivity index (χ3v) is 4.10. The minimum atomic E-state index is -0.507. The second kappa shape index (κ2) is 7.83. The van der Waals surface area contributed by atoms with Crippen LogP contribution in [-0.4, -0.2) is 34.5 Å². The number of oxazole rings is 1. The van der Waals surface area contributed by atoms with E-state index in [9.17, 15) is 9.59 Å². The Morgan fingerprint density at radius 1 is 1.36 bits per heavy atom. The summed E-state index contributed by atoms with van der Waals surface area (Å²) in [4.78, 5) is 30.2. The van der Waals surface area contributed by atoms with Gasteiger partial charge in [-0.1, -0.05) is 30.3 Å². The van der Waals surface area contributed by atoms with E-state index < -0.39 is 12.1 Å².